The van der Waals surface area contributed by atoms with Gasteiger partial charge in [-0.15, -0.1) is 10.2 Å². The van der Waals surface area contributed by atoms with Crippen LogP contribution < -0.4 is 5.32 Å². The zero-order chi connectivity index (χ0) is 10.5. The van der Waals surface area contributed by atoms with E-state index in [4.69, 9.17) is 4.74 Å². The van der Waals surface area contributed by atoms with Gasteiger partial charge in [-0.25, -0.2) is 0 Å². The van der Waals surface area contributed by atoms with E-state index in [2.05, 4.69) is 15.5 Å². The number of aromatic nitrogens is 2. The molecule has 1 N–H and O–H groups in total. The number of anilines is 1. The van der Waals surface area contributed by atoms with Crippen LogP contribution in [0.2, 0.25) is 0 Å². The van der Waals surface area contributed by atoms with Gasteiger partial charge in [0.1, 0.15) is 11.6 Å². The lowest BCUT2D eigenvalue weighted by Gasteiger charge is -2.07. The van der Waals surface area contributed by atoms with E-state index in [0.717, 1.165) is 22.7 Å². The molecule has 0 aliphatic heterocycles. The van der Waals surface area contributed by atoms with Crippen molar-refractivity contribution < 1.29 is 4.74 Å². The van der Waals surface area contributed by atoms with Crippen LogP contribution in [0, 0.1) is 5.92 Å². The van der Waals surface area contributed by atoms with Gasteiger partial charge in [0.05, 0.1) is 0 Å². The van der Waals surface area contributed by atoms with Crippen LogP contribution in [0.4, 0.5) is 5.13 Å². The molecular weight excluding hydrogens is 210 g/mol. The fourth-order valence-corrected chi connectivity index (χ4v) is 2.53. The third-order valence-corrected chi connectivity index (χ3v) is 3.65. The molecule has 84 valence electrons. The Labute approximate surface area is 94.1 Å². The minimum Gasteiger partial charge on any atom is -0.374 e. The highest BCUT2D eigenvalue weighted by molar-refractivity contribution is 7.15. The average molecular weight is 227 g/mol. The molecule has 15 heavy (non-hydrogen) atoms. The Morgan fingerprint density at radius 2 is 2.20 bits per heavy atom. The van der Waals surface area contributed by atoms with Crippen LogP contribution in [0.5, 0.6) is 0 Å². The summed E-state index contributed by atoms with van der Waals surface area (Å²) in [6.07, 6.45) is 5.41. The zero-order valence-electron chi connectivity index (χ0n) is 9.03. The molecule has 0 amide bonds. The lowest BCUT2D eigenvalue weighted by molar-refractivity contribution is 0.0884. The molecule has 1 saturated carbocycles. The Hall–Kier alpha value is -0.680. The normalized spacial score (nSPS) is 17.1. The minimum atomic E-state index is 0.607. The molecule has 5 heteroatoms. The second-order valence-electron chi connectivity index (χ2n) is 3.92. The summed E-state index contributed by atoms with van der Waals surface area (Å²) in [7, 11) is 1.85. The number of nitrogens with one attached hydrogen (secondary N) is 1. The van der Waals surface area contributed by atoms with E-state index in [-0.39, 0.29) is 0 Å². The first-order chi connectivity index (χ1) is 7.38. The summed E-state index contributed by atoms with van der Waals surface area (Å²) < 4.78 is 5.64. The first-order valence-corrected chi connectivity index (χ1v) is 6.28. The predicted octanol–water partition coefficient (Wildman–Crippen LogP) is 2.29. The molecule has 1 aliphatic carbocycles. The van der Waals surface area contributed by atoms with Crippen molar-refractivity contribution in [3.8, 4) is 0 Å². The molecule has 0 spiro atoms. The van der Waals surface area contributed by atoms with E-state index in [1.807, 2.05) is 7.05 Å². The van der Waals surface area contributed by atoms with Crippen LogP contribution >= 0.6 is 11.3 Å². The van der Waals surface area contributed by atoms with Gasteiger partial charge in [0.15, 0.2) is 0 Å². The molecule has 0 saturated heterocycles. The largest absolute Gasteiger partial charge is 0.374 e. The SMILES string of the molecule is CNc1nnc(COCC2CCCC2)s1. The maximum atomic E-state index is 5.64. The van der Waals surface area contributed by atoms with Crippen molar-refractivity contribution in [2.24, 2.45) is 5.92 Å². The Kier molecular flexibility index (Phi) is 3.91. The van der Waals surface area contributed by atoms with Gasteiger partial charge in [0.25, 0.3) is 0 Å². The molecule has 1 aromatic rings. The molecule has 1 heterocycles. The van der Waals surface area contributed by atoms with Crippen LogP contribution in [0.15, 0.2) is 0 Å². The van der Waals surface area contributed by atoms with E-state index in [9.17, 15) is 0 Å². The summed E-state index contributed by atoms with van der Waals surface area (Å²) in [5.41, 5.74) is 0. The van der Waals surface area contributed by atoms with Crippen LogP contribution in [-0.2, 0) is 11.3 Å². The van der Waals surface area contributed by atoms with Gasteiger partial charge in [0.2, 0.25) is 5.13 Å². The smallest absolute Gasteiger partial charge is 0.205 e. The van der Waals surface area contributed by atoms with Gasteiger partial charge in [-0.1, -0.05) is 24.2 Å². The standard InChI is InChI=1S/C10H17N3OS/c1-11-10-13-12-9(15-10)7-14-6-8-4-2-3-5-8/h8H,2-7H2,1H3,(H,11,13). The highest BCUT2D eigenvalue weighted by atomic mass is 32.1. The van der Waals surface area contributed by atoms with Gasteiger partial charge in [-0.2, -0.15) is 0 Å². The van der Waals surface area contributed by atoms with Crippen molar-refractivity contribution in [1.29, 1.82) is 0 Å². The van der Waals surface area contributed by atoms with Gasteiger partial charge >= 0.3 is 0 Å². The second kappa shape index (κ2) is 5.42. The van der Waals surface area contributed by atoms with Crippen LogP contribution in [0.1, 0.15) is 30.7 Å². The van der Waals surface area contributed by atoms with Crippen LogP contribution in [0.3, 0.4) is 0 Å². The summed E-state index contributed by atoms with van der Waals surface area (Å²) in [4.78, 5) is 0. The lowest BCUT2D eigenvalue weighted by atomic mass is 10.1. The molecular formula is C10H17N3OS. The van der Waals surface area contributed by atoms with E-state index >= 15 is 0 Å². The van der Waals surface area contributed by atoms with Crippen molar-refractivity contribution in [2.45, 2.75) is 32.3 Å². The number of ether oxygens (including phenoxy) is 1. The number of hydrogen-bond donors (Lipinski definition) is 1. The van der Waals surface area contributed by atoms with E-state index in [1.165, 1.54) is 25.7 Å². The third-order valence-electron chi connectivity index (χ3n) is 2.73. The Morgan fingerprint density at radius 1 is 1.40 bits per heavy atom. The molecule has 0 bridgehead atoms. The molecule has 1 fully saturated rings. The quantitative estimate of drug-likeness (QED) is 0.838. The van der Waals surface area contributed by atoms with Gasteiger partial charge in [-0.3, -0.25) is 0 Å². The maximum Gasteiger partial charge on any atom is 0.205 e. The van der Waals surface area contributed by atoms with Crippen molar-refractivity contribution >= 4 is 16.5 Å². The van der Waals surface area contributed by atoms with Crippen LogP contribution in [-0.4, -0.2) is 23.9 Å². The number of rotatable bonds is 5. The van der Waals surface area contributed by atoms with Gasteiger partial charge in [-0.05, 0) is 18.8 Å². The monoisotopic (exact) mass is 227 g/mol. The molecule has 0 unspecified atom stereocenters. The van der Waals surface area contributed by atoms with Crippen LogP contribution in [0.25, 0.3) is 0 Å². The van der Waals surface area contributed by atoms with E-state index in [1.54, 1.807) is 11.3 Å². The van der Waals surface area contributed by atoms with E-state index < -0.39 is 0 Å². The van der Waals surface area contributed by atoms with Crippen molar-refractivity contribution in [3.63, 3.8) is 0 Å². The maximum absolute atomic E-state index is 5.64. The first kappa shape index (κ1) is 10.8. The lowest BCUT2D eigenvalue weighted by Crippen LogP contribution is -2.05. The molecule has 1 aliphatic rings. The Morgan fingerprint density at radius 3 is 2.87 bits per heavy atom. The molecule has 0 atom stereocenters. The highest BCUT2D eigenvalue weighted by Crippen LogP contribution is 2.25. The zero-order valence-corrected chi connectivity index (χ0v) is 9.85. The molecule has 1 aromatic heterocycles. The predicted molar refractivity (Wildman–Crippen MR) is 61.1 cm³/mol. The summed E-state index contributed by atoms with van der Waals surface area (Å²) in [6.45, 7) is 1.49. The first-order valence-electron chi connectivity index (χ1n) is 5.46. The van der Waals surface area contributed by atoms with Crippen molar-refractivity contribution in [2.75, 3.05) is 19.0 Å². The molecule has 0 aromatic carbocycles. The van der Waals surface area contributed by atoms with Gasteiger partial charge < -0.3 is 10.1 Å². The topological polar surface area (TPSA) is 47.0 Å². The fraction of sp³-hybridized carbons (Fsp3) is 0.800. The van der Waals surface area contributed by atoms with Crippen molar-refractivity contribution in [3.05, 3.63) is 5.01 Å². The molecule has 4 nitrogen and oxygen atoms in total. The van der Waals surface area contributed by atoms with Crippen molar-refractivity contribution in [1.82, 2.24) is 10.2 Å². The second-order valence-corrected chi connectivity index (χ2v) is 4.98. The fourth-order valence-electron chi connectivity index (χ4n) is 1.90. The summed E-state index contributed by atoms with van der Waals surface area (Å²) in [5.74, 6) is 0.779. The number of hydrogen-bond acceptors (Lipinski definition) is 5. The Balaban J connectivity index is 1.68. The summed E-state index contributed by atoms with van der Waals surface area (Å²) in [5, 5.41) is 12.8. The Bertz CT molecular complexity index is 297. The third kappa shape index (κ3) is 3.14. The van der Waals surface area contributed by atoms with Gasteiger partial charge in [0, 0.05) is 13.7 Å². The molecule has 0 radical (unpaired) electrons. The minimum absolute atomic E-state index is 0.607. The van der Waals surface area contributed by atoms with E-state index in [0.29, 0.717) is 6.61 Å². The number of nitrogens with zero attached hydrogens (tertiary/aromatic N) is 2. The summed E-state index contributed by atoms with van der Waals surface area (Å²) in [6, 6.07) is 0. The molecule has 2 rings (SSSR count). The highest BCUT2D eigenvalue weighted by Gasteiger charge is 2.15. The average Bonchev–Trinajstić information content (AvgIpc) is 2.88. The summed E-state index contributed by atoms with van der Waals surface area (Å²) >= 11 is 1.56.